The van der Waals surface area contributed by atoms with E-state index in [0.717, 1.165) is 10.9 Å². The molecule has 0 bridgehead atoms. The summed E-state index contributed by atoms with van der Waals surface area (Å²) in [6, 6.07) is 16.0. The van der Waals surface area contributed by atoms with Crippen molar-refractivity contribution in [2.45, 2.75) is 0 Å². The summed E-state index contributed by atoms with van der Waals surface area (Å²) in [4.78, 5) is 16.4. The number of carbonyl (C=O) groups is 1. The van der Waals surface area contributed by atoms with Crippen molar-refractivity contribution in [1.29, 1.82) is 0 Å². The van der Waals surface area contributed by atoms with Crippen LogP contribution in [0.25, 0.3) is 10.9 Å². The number of phenolic OH excluding ortho intramolecular Hbond substituents is 1. The van der Waals surface area contributed by atoms with E-state index in [1.54, 1.807) is 24.3 Å². The van der Waals surface area contributed by atoms with Gasteiger partial charge in [-0.15, -0.1) is 0 Å². The van der Waals surface area contributed by atoms with Gasteiger partial charge in [-0.25, -0.2) is 10.4 Å². The smallest absolute Gasteiger partial charge is 0.289 e. The van der Waals surface area contributed by atoms with Crippen LogP contribution in [0.5, 0.6) is 11.5 Å². The Morgan fingerprint density at radius 2 is 2.00 bits per heavy atom. The molecule has 0 aliphatic carbocycles. The Hall–Kier alpha value is -3.41. The number of amides is 1. The summed E-state index contributed by atoms with van der Waals surface area (Å²) in [6.45, 7) is 0. The third-order valence-electron chi connectivity index (χ3n) is 3.45. The predicted molar refractivity (Wildman–Crippen MR) is 91.5 cm³/mol. The number of carbonyl (C=O) groups excluding carboxylic acids is 1. The third-order valence-corrected chi connectivity index (χ3v) is 3.45. The van der Waals surface area contributed by atoms with Gasteiger partial charge in [-0.2, -0.15) is 5.10 Å². The van der Waals surface area contributed by atoms with Crippen LogP contribution in [-0.2, 0) is 0 Å². The van der Waals surface area contributed by atoms with Crippen molar-refractivity contribution >= 4 is 23.0 Å². The van der Waals surface area contributed by atoms with E-state index in [1.807, 2.05) is 30.3 Å². The number of benzene rings is 2. The highest BCUT2D eigenvalue weighted by molar-refractivity contribution is 5.95. The molecule has 0 saturated carbocycles. The van der Waals surface area contributed by atoms with Gasteiger partial charge in [0.15, 0.2) is 11.5 Å². The van der Waals surface area contributed by atoms with E-state index in [2.05, 4.69) is 15.5 Å². The largest absolute Gasteiger partial charge is 0.504 e. The van der Waals surface area contributed by atoms with Gasteiger partial charge in [0.25, 0.3) is 5.91 Å². The number of phenols is 1. The van der Waals surface area contributed by atoms with Crippen molar-refractivity contribution in [3.63, 3.8) is 0 Å². The van der Waals surface area contributed by atoms with E-state index in [4.69, 9.17) is 4.74 Å². The first-order chi connectivity index (χ1) is 11.7. The summed E-state index contributed by atoms with van der Waals surface area (Å²) >= 11 is 0. The zero-order valence-corrected chi connectivity index (χ0v) is 12.9. The van der Waals surface area contributed by atoms with Crippen molar-refractivity contribution in [3.05, 3.63) is 65.9 Å². The maximum atomic E-state index is 12.1. The standard InChI is InChI=1S/C18H15N3O3/c1-24-16-8-4-6-13(17(16)22)11-19-21-18(23)15-10-9-12-5-2-3-7-14(12)20-15/h2-11,22H,1H3,(H,21,23)/b19-11+. The van der Waals surface area contributed by atoms with Crippen LogP contribution in [-0.4, -0.2) is 29.3 Å². The zero-order valence-electron chi connectivity index (χ0n) is 12.9. The Bertz CT molecular complexity index is 922. The Morgan fingerprint density at radius 3 is 2.83 bits per heavy atom. The highest BCUT2D eigenvalue weighted by Gasteiger charge is 2.08. The van der Waals surface area contributed by atoms with Crippen molar-refractivity contribution in [1.82, 2.24) is 10.4 Å². The minimum atomic E-state index is -0.431. The van der Waals surface area contributed by atoms with Crippen LogP contribution in [0, 0.1) is 0 Å². The molecular weight excluding hydrogens is 306 g/mol. The minimum absolute atomic E-state index is 0.0400. The van der Waals surface area contributed by atoms with E-state index in [0.29, 0.717) is 11.3 Å². The minimum Gasteiger partial charge on any atom is -0.504 e. The normalized spacial score (nSPS) is 10.9. The molecule has 0 aliphatic rings. The number of pyridine rings is 1. The third kappa shape index (κ3) is 3.17. The van der Waals surface area contributed by atoms with Gasteiger partial charge in [0.05, 0.1) is 18.8 Å². The highest BCUT2D eigenvalue weighted by Crippen LogP contribution is 2.27. The van der Waals surface area contributed by atoms with Gasteiger partial charge >= 0.3 is 0 Å². The van der Waals surface area contributed by atoms with E-state index < -0.39 is 5.91 Å². The number of hydrogen-bond donors (Lipinski definition) is 2. The molecule has 2 aromatic carbocycles. The van der Waals surface area contributed by atoms with Crippen LogP contribution in [0.3, 0.4) is 0 Å². The Labute approximate surface area is 138 Å². The molecule has 1 heterocycles. The Morgan fingerprint density at radius 1 is 1.17 bits per heavy atom. The zero-order chi connectivity index (χ0) is 16.9. The lowest BCUT2D eigenvalue weighted by atomic mass is 10.2. The van der Waals surface area contributed by atoms with Gasteiger partial charge in [-0.1, -0.05) is 30.3 Å². The predicted octanol–water partition coefficient (Wildman–Crippen LogP) is 2.71. The molecule has 0 spiro atoms. The maximum absolute atomic E-state index is 12.1. The van der Waals surface area contributed by atoms with E-state index in [-0.39, 0.29) is 11.4 Å². The molecule has 0 aliphatic heterocycles. The molecule has 120 valence electrons. The van der Waals surface area contributed by atoms with E-state index in [1.165, 1.54) is 13.3 Å². The number of aromatic hydroxyl groups is 1. The van der Waals surface area contributed by atoms with Gasteiger partial charge in [-0.05, 0) is 24.3 Å². The van der Waals surface area contributed by atoms with Crippen molar-refractivity contribution in [3.8, 4) is 11.5 Å². The molecule has 6 heteroatoms. The van der Waals surface area contributed by atoms with Gasteiger partial charge in [0.1, 0.15) is 5.69 Å². The second kappa shape index (κ2) is 6.78. The molecular formula is C18H15N3O3. The van der Waals surface area contributed by atoms with Crippen LogP contribution >= 0.6 is 0 Å². The Kier molecular flexibility index (Phi) is 4.38. The lowest BCUT2D eigenvalue weighted by Crippen LogP contribution is -2.18. The average Bonchev–Trinajstić information content (AvgIpc) is 2.62. The molecule has 0 unspecified atom stereocenters. The highest BCUT2D eigenvalue weighted by atomic mass is 16.5. The number of hydrogen-bond acceptors (Lipinski definition) is 5. The SMILES string of the molecule is COc1cccc(/C=N/NC(=O)c2ccc3ccccc3n2)c1O. The molecule has 2 N–H and O–H groups in total. The van der Waals surface area contributed by atoms with Crippen LogP contribution in [0.1, 0.15) is 16.1 Å². The molecule has 0 atom stereocenters. The van der Waals surface area contributed by atoms with Crippen molar-refractivity contribution in [2.24, 2.45) is 5.10 Å². The van der Waals surface area contributed by atoms with Crippen molar-refractivity contribution < 1.29 is 14.6 Å². The number of rotatable bonds is 4. The number of aromatic nitrogens is 1. The lowest BCUT2D eigenvalue weighted by Gasteiger charge is -2.05. The number of fused-ring (bicyclic) bond motifs is 1. The molecule has 1 amide bonds. The number of nitrogens with one attached hydrogen (secondary N) is 1. The molecule has 0 radical (unpaired) electrons. The molecule has 3 aromatic rings. The number of methoxy groups -OCH3 is 1. The van der Waals surface area contributed by atoms with Crippen LogP contribution in [0.4, 0.5) is 0 Å². The monoisotopic (exact) mass is 321 g/mol. The number of ether oxygens (including phenoxy) is 1. The summed E-state index contributed by atoms with van der Waals surface area (Å²) in [6.07, 6.45) is 1.34. The van der Waals surface area contributed by atoms with E-state index >= 15 is 0 Å². The molecule has 0 saturated heterocycles. The summed E-state index contributed by atoms with van der Waals surface area (Å²) in [5, 5.41) is 14.8. The second-order valence-corrected chi connectivity index (χ2v) is 4.99. The molecule has 6 nitrogen and oxygen atoms in total. The first kappa shape index (κ1) is 15.5. The first-order valence-corrected chi connectivity index (χ1v) is 7.24. The lowest BCUT2D eigenvalue weighted by molar-refractivity contribution is 0.0950. The van der Waals surface area contributed by atoms with Gasteiger partial charge in [-0.3, -0.25) is 4.79 Å². The summed E-state index contributed by atoms with van der Waals surface area (Å²) in [7, 11) is 1.46. The van der Waals surface area contributed by atoms with Gasteiger partial charge < -0.3 is 9.84 Å². The molecule has 24 heavy (non-hydrogen) atoms. The molecule has 3 rings (SSSR count). The van der Waals surface area contributed by atoms with Crippen LogP contribution in [0.15, 0.2) is 59.7 Å². The second-order valence-electron chi connectivity index (χ2n) is 4.99. The molecule has 1 aromatic heterocycles. The van der Waals surface area contributed by atoms with Gasteiger partial charge in [0, 0.05) is 10.9 Å². The fourth-order valence-electron chi connectivity index (χ4n) is 2.22. The Balaban J connectivity index is 1.75. The fourth-order valence-corrected chi connectivity index (χ4v) is 2.22. The van der Waals surface area contributed by atoms with Crippen molar-refractivity contribution in [2.75, 3.05) is 7.11 Å². The first-order valence-electron chi connectivity index (χ1n) is 7.24. The topological polar surface area (TPSA) is 83.8 Å². The van der Waals surface area contributed by atoms with Crippen LogP contribution in [0.2, 0.25) is 0 Å². The summed E-state index contributed by atoms with van der Waals surface area (Å²) in [5.41, 5.74) is 3.82. The fraction of sp³-hybridized carbons (Fsp3) is 0.0556. The number of nitrogens with zero attached hydrogens (tertiary/aromatic N) is 2. The maximum Gasteiger partial charge on any atom is 0.289 e. The quantitative estimate of drug-likeness (QED) is 0.571. The van der Waals surface area contributed by atoms with Gasteiger partial charge in [0.2, 0.25) is 0 Å². The van der Waals surface area contributed by atoms with E-state index in [9.17, 15) is 9.90 Å². The number of para-hydroxylation sites is 2. The summed E-state index contributed by atoms with van der Waals surface area (Å²) in [5.74, 6) is -0.136. The number of hydrazone groups is 1. The average molecular weight is 321 g/mol. The summed E-state index contributed by atoms with van der Waals surface area (Å²) < 4.78 is 5.01. The molecule has 0 fully saturated rings. The van der Waals surface area contributed by atoms with Crippen LogP contribution < -0.4 is 10.2 Å².